The number of hydrogen-bond acceptors (Lipinski definition) is 4. The lowest BCUT2D eigenvalue weighted by atomic mass is 10.2. The van der Waals surface area contributed by atoms with Crippen LogP contribution in [0, 0.1) is 0 Å². The van der Waals surface area contributed by atoms with Crippen LogP contribution in [0.5, 0.6) is 17.2 Å². The molecule has 114 valence electrons. The predicted molar refractivity (Wildman–Crippen MR) is 81.8 cm³/mol. The van der Waals surface area contributed by atoms with E-state index >= 15 is 0 Å². The van der Waals surface area contributed by atoms with Crippen molar-refractivity contribution in [2.24, 2.45) is 0 Å². The molecule has 0 atom stereocenters. The third-order valence-corrected chi connectivity index (χ3v) is 3.36. The summed E-state index contributed by atoms with van der Waals surface area (Å²) < 4.78 is 16.0. The van der Waals surface area contributed by atoms with Gasteiger partial charge in [0.25, 0.3) is 5.91 Å². The molecule has 0 radical (unpaired) electrons. The third kappa shape index (κ3) is 3.43. The fourth-order valence-electron chi connectivity index (χ4n) is 2.00. The first-order valence-corrected chi connectivity index (χ1v) is 7.16. The van der Waals surface area contributed by atoms with Crippen LogP contribution in [0.25, 0.3) is 0 Å². The quantitative estimate of drug-likeness (QED) is 0.861. The highest BCUT2D eigenvalue weighted by Crippen LogP contribution is 2.32. The number of carbonyl (C=O) groups excluding carboxylic acids is 1. The van der Waals surface area contributed by atoms with Gasteiger partial charge in [0.15, 0.2) is 11.5 Å². The van der Waals surface area contributed by atoms with E-state index in [1.165, 1.54) is 0 Å². The molecule has 1 aliphatic rings. The molecule has 1 aliphatic heterocycles. The van der Waals surface area contributed by atoms with Gasteiger partial charge in [-0.25, -0.2) is 0 Å². The molecule has 2 aromatic rings. The van der Waals surface area contributed by atoms with Gasteiger partial charge in [0.1, 0.15) is 12.4 Å². The molecular formula is C16H14ClNO4. The zero-order chi connectivity index (χ0) is 15.4. The lowest BCUT2D eigenvalue weighted by Gasteiger charge is -2.08. The number of amides is 1. The minimum Gasteiger partial charge on any atom is -0.492 e. The normalized spacial score (nSPS) is 12.0. The molecule has 22 heavy (non-hydrogen) atoms. The van der Waals surface area contributed by atoms with Crippen molar-refractivity contribution >= 4 is 17.5 Å². The number of nitrogens with one attached hydrogen (secondary N) is 1. The van der Waals surface area contributed by atoms with E-state index in [1.54, 1.807) is 42.5 Å². The number of carbonyl (C=O) groups is 1. The van der Waals surface area contributed by atoms with Crippen molar-refractivity contribution in [2.45, 2.75) is 0 Å². The Hall–Kier alpha value is -2.40. The van der Waals surface area contributed by atoms with Gasteiger partial charge in [-0.1, -0.05) is 11.6 Å². The topological polar surface area (TPSA) is 56.8 Å². The van der Waals surface area contributed by atoms with Crippen LogP contribution in [-0.4, -0.2) is 25.9 Å². The minimum absolute atomic E-state index is 0.182. The van der Waals surface area contributed by atoms with Gasteiger partial charge in [0.05, 0.1) is 6.54 Å². The Labute approximate surface area is 132 Å². The molecule has 2 aromatic carbocycles. The Morgan fingerprint density at radius 2 is 1.91 bits per heavy atom. The maximum absolute atomic E-state index is 12.0. The van der Waals surface area contributed by atoms with Crippen molar-refractivity contribution in [3.63, 3.8) is 0 Å². The third-order valence-electron chi connectivity index (χ3n) is 3.10. The molecule has 1 heterocycles. The molecule has 0 fully saturated rings. The van der Waals surface area contributed by atoms with Crippen LogP contribution in [0.4, 0.5) is 0 Å². The Morgan fingerprint density at radius 1 is 1.14 bits per heavy atom. The lowest BCUT2D eigenvalue weighted by Crippen LogP contribution is -2.28. The van der Waals surface area contributed by atoms with Gasteiger partial charge in [-0.15, -0.1) is 0 Å². The number of benzene rings is 2. The lowest BCUT2D eigenvalue weighted by molar-refractivity contribution is 0.0946. The second kappa shape index (κ2) is 6.58. The summed E-state index contributed by atoms with van der Waals surface area (Å²) in [7, 11) is 0. The SMILES string of the molecule is O=C(NCCOc1ccc(Cl)cc1)c1ccc2c(c1)OCO2. The molecule has 5 nitrogen and oxygen atoms in total. The molecular weight excluding hydrogens is 306 g/mol. The van der Waals surface area contributed by atoms with E-state index in [4.69, 9.17) is 25.8 Å². The average molecular weight is 320 g/mol. The van der Waals surface area contributed by atoms with Crippen molar-refractivity contribution in [2.75, 3.05) is 19.9 Å². The van der Waals surface area contributed by atoms with Crippen molar-refractivity contribution in [1.82, 2.24) is 5.32 Å². The van der Waals surface area contributed by atoms with Gasteiger partial charge in [0, 0.05) is 10.6 Å². The fourth-order valence-corrected chi connectivity index (χ4v) is 2.13. The summed E-state index contributed by atoms with van der Waals surface area (Å²) in [5.74, 6) is 1.77. The summed E-state index contributed by atoms with van der Waals surface area (Å²) in [6, 6.07) is 12.1. The van der Waals surface area contributed by atoms with E-state index in [0.717, 1.165) is 0 Å². The first-order chi connectivity index (χ1) is 10.7. The number of rotatable bonds is 5. The summed E-state index contributed by atoms with van der Waals surface area (Å²) in [6.45, 7) is 0.961. The van der Waals surface area contributed by atoms with E-state index < -0.39 is 0 Å². The van der Waals surface area contributed by atoms with Crippen LogP contribution in [0.15, 0.2) is 42.5 Å². The zero-order valence-corrected chi connectivity index (χ0v) is 12.4. The highest BCUT2D eigenvalue weighted by atomic mass is 35.5. The molecule has 1 N–H and O–H groups in total. The van der Waals surface area contributed by atoms with Crippen LogP contribution in [0.1, 0.15) is 10.4 Å². The predicted octanol–water partition coefficient (Wildman–Crippen LogP) is 2.88. The second-order valence-corrected chi connectivity index (χ2v) is 5.06. The van der Waals surface area contributed by atoms with Crippen LogP contribution >= 0.6 is 11.6 Å². The average Bonchev–Trinajstić information content (AvgIpc) is 3.00. The Morgan fingerprint density at radius 3 is 2.73 bits per heavy atom. The van der Waals surface area contributed by atoms with Crippen LogP contribution in [0.3, 0.4) is 0 Å². The first kappa shape index (κ1) is 14.5. The Kier molecular flexibility index (Phi) is 4.34. The molecule has 3 rings (SSSR count). The Balaban J connectivity index is 1.47. The van der Waals surface area contributed by atoms with Crippen molar-refractivity contribution < 1.29 is 19.0 Å². The second-order valence-electron chi connectivity index (χ2n) is 4.63. The molecule has 0 spiro atoms. The fraction of sp³-hybridized carbons (Fsp3) is 0.188. The number of ether oxygens (including phenoxy) is 3. The van der Waals surface area contributed by atoms with Gasteiger partial charge in [-0.3, -0.25) is 4.79 Å². The van der Waals surface area contributed by atoms with E-state index in [-0.39, 0.29) is 12.7 Å². The maximum Gasteiger partial charge on any atom is 0.251 e. The van der Waals surface area contributed by atoms with E-state index in [2.05, 4.69) is 5.32 Å². The summed E-state index contributed by atoms with van der Waals surface area (Å²) in [6.07, 6.45) is 0. The van der Waals surface area contributed by atoms with E-state index in [1.807, 2.05) is 0 Å². The standard InChI is InChI=1S/C16H14ClNO4/c17-12-2-4-13(5-3-12)20-8-7-18-16(19)11-1-6-14-15(9-11)22-10-21-14/h1-6,9H,7-8,10H2,(H,18,19). The molecule has 0 saturated heterocycles. The molecule has 1 amide bonds. The maximum atomic E-state index is 12.0. The highest BCUT2D eigenvalue weighted by molar-refractivity contribution is 6.30. The monoisotopic (exact) mass is 319 g/mol. The van der Waals surface area contributed by atoms with Gasteiger partial charge in [-0.2, -0.15) is 0 Å². The first-order valence-electron chi connectivity index (χ1n) is 6.78. The molecule has 0 aromatic heterocycles. The number of hydrogen-bond donors (Lipinski definition) is 1. The summed E-state index contributed by atoms with van der Waals surface area (Å²) in [5.41, 5.74) is 0.524. The number of halogens is 1. The van der Waals surface area contributed by atoms with Crippen molar-refractivity contribution in [1.29, 1.82) is 0 Å². The van der Waals surface area contributed by atoms with Crippen LogP contribution < -0.4 is 19.5 Å². The molecule has 0 bridgehead atoms. The summed E-state index contributed by atoms with van der Waals surface area (Å²) >= 11 is 5.79. The zero-order valence-electron chi connectivity index (χ0n) is 11.7. The van der Waals surface area contributed by atoms with Crippen LogP contribution in [-0.2, 0) is 0 Å². The highest BCUT2D eigenvalue weighted by Gasteiger charge is 2.15. The number of fused-ring (bicyclic) bond motifs is 1. The van der Waals surface area contributed by atoms with Gasteiger partial charge in [-0.05, 0) is 42.5 Å². The minimum atomic E-state index is -0.182. The molecule has 0 aliphatic carbocycles. The van der Waals surface area contributed by atoms with Gasteiger partial charge >= 0.3 is 0 Å². The van der Waals surface area contributed by atoms with E-state index in [9.17, 15) is 4.79 Å². The van der Waals surface area contributed by atoms with Crippen molar-refractivity contribution in [3.05, 3.63) is 53.1 Å². The summed E-state index contributed by atoms with van der Waals surface area (Å²) in [4.78, 5) is 12.0. The van der Waals surface area contributed by atoms with Gasteiger partial charge < -0.3 is 19.5 Å². The van der Waals surface area contributed by atoms with E-state index in [0.29, 0.717) is 41.0 Å². The molecule has 0 unspecified atom stereocenters. The molecule has 6 heteroatoms. The summed E-state index contributed by atoms with van der Waals surface area (Å²) in [5, 5.41) is 3.44. The largest absolute Gasteiger partial charge is 0.492 e. The smallest absolute Gasteiger partial charge is 0.251 e. The van der Waals surface area contributed by atoms with Gasteiger partial charge in [0.2, 0.25) is 6.79 Å². The molecule has 0 saturated carbocycles. The Bertz CT molecular complexity index is 672. The van der Waals surface area contributed by atoms with Crippen LogP contribution in [0.2, 0.25) is 5.02 Å². The van der Waals surface area contributed by atoms with Crippen molar-refractivity contribution in [3.8, 4) is 17.2 Å².